The van der Waals surface area contributed by atoms with E-state index in [-0.39, 0.29) is 5.84 Å². The van der Waals surface area contributed by atoms with Gasteiger partial charge in [-0.25, -0.2) is 0 Å². The van der Waals surface area contributed by atoms with Gasteiger partial charge in [0.1, 0.15) is 5.84 Å². The Bertz CT molecular complexity index is 473. The van der Waals surface area contributed by atoms with E-state index in [1.54, 1.807) is 6.20 Å². The number of fused-ring (bicyclic) bond motifs is 1. The molecule has 4 heteroatoms. The molecular formula is C9H8BrN3. The van der Waals surface area contributed by atoms with Crippen molar-refractivity contribution in [1.82, 2.24) is 4.98 Å². The summed E-state index contributed by atoms with van der Waals surface area (Å²) < 4.78 is 1.01. The maximum absolute atomic E-state index is 7.33. The zero-order valence-electron chi connectivity index (χ0n) is 6.76. The molecule has 66 valence electrons. The van der Waals surface area contributed by atoms with Crippen molar-refractivity contribution in [3.8, 4) is 0 Å². The smallest absolute Gasteiger partial charge is 0.124 e. The largest absolute Gasteiger partial charge is 0.384 e. The van der Waals surface area contributed by atoms with Crippen molar-refractivity contribution in [1.29, 1.82) is 5.41 Å². The van der Waals surface area contributed by atoms with E-state index >= 15 is 0 Å². The van der Waals surface area contributed by atoms with E-state index in [0.29, 0.717) is 0 Å². The first-order valence-electron chi connectivity index (χ1n) is 3.79. The summed E-state index contributed by atoms with van der Waals surface area (Å²) in [5, 5.41) is 8.32. The van der Waals surface area contributed by atoms with Crippen LogP contribution in [0.5, 0.6) is 0 Å². The number of rotatable bonds is 1. The van der Waals surface area contributed by atoms with Gasteiger partial charge >= 0.3 is 0 Å². The van der Waals surface area contributed by atoms with Crippen LogP contribution in [0.3, 0.4) is 0 Å². The van der Waals surface area contributed by atoms with Gasteiger partial charge in [-0.3, -0.25) is 5.41 Å². The molecule has 0 amide bonds. The van der Waals surface area contributed by atoms with Crippen molar-refractivity contribution in [3.05, 3.63) is 34.4 Å². The van der Waals surface area contributed by atoms with Gasteiger partial charge in [0, 0.05) is 27.1 Å². The van der Waals surface area contributed by atoms with Crippen LogP contribution in [0.2, 0.25) is 0 Å². The number of hydrogen-bond donors (Lipinski definition) is 3. The number of aromatic nitrogens is 1. The minimum atomic E-state index is 0.0913. The molecule has 0 fully saturated rings. The average molecular weight is 238 g/mol. The number of H-pyrrole nitrogens is 1. The topological polar surface area (TPSA) is 65.7 Å². The third-order valence-electron chi connectivity index (χ3n) is 1.93. The molecular weight excluding hydrogens is 230 g/mol. The first-order chi connectivity index (χ1) is 6.18. The van der Waals surface area contributed by atoms with E-state index in [2.05, 4.69) is 20.9 Å². The van der Waals surface area contributed by atoms with E-state index in [1.807, 2.05) is 18.2 Å². The first kappa shape index (κ1) is 8.31. The van der Waals surface area contributed by atoms with Crippen molar-refractivity contribution in [3.63, 3.8) is 0 Å². The molecule has 0 saturated heterocycles. The van der Waals surface area contributed by atoms with Crippen molar-refractivity contribution >= 4 is 32.7 Å². The van der Waals surface area contributed by atoms with Gasteiger partial charge in [-0.2, -0.15) is 0 Å². The maximum atomic E-state index is 7.33. The number of benzene rings is 1. The van der Waals surface area contributed by atoms with Crippen LogP contribution in [0.15, 0.2) is 28.9 Å². The van der Waals surface area contributed by atoms with Crippen molar-refractivity contribution in [2.45, 2.75) is 0 Å². The molecule has 0 spiro atoms. The second-order valence-electron chi connectivity index (χ2n) is 2.81. The van der Waals surface area contributed by atoms with Gasteiger partial charge in [-0.15, -0.1) is 0 Å². The predicted molar refractivity (Wildman–Crippen MR) is 57.0 cm³/mol. The van der Waals surface area contributed by atoms with Crippen LogP contribution in [-0.2, 0) is 0 Å². The number of hydrogen-bond acceptors (Lipinski definition) is 1. The molecule has 0 atom stereocenters. The minimum absolute atomic E-state index is 0.0913. The van der Waals surface area contributed by atoms with Crippen molar-refractivity contribution in [2.75, 3.05) is 0 Å². The van der Waals surface area contributed by atoms with Gasteiger partial charge in [-0.1, -0.05) is 22.0 Å². The molecule has 0 aliphatic carbocycles. The van der Waals surface area contributed by atoms with Crippen LogP contribution in [0.1, 0.15) is 5.56 Å². The summed E-state index contributed by atoms with van der Waals surface area (Å²) in [6, 6.07) is 5.83. The van der Waals surface area contributed by atoms with E-state index in [9.17, 15) is 0 Å². The van der Waals surface area contributed by atoms with Crippen LogP contribution < -0.4 is 5.73 Å². The van der Waals surface area contributed by atoms with Crippen LogP contribution in [-0.4, -0.2) is 10.8 Å². The zero-order valence-corrected chi connectivity index (χ0v) is 8.35. The van der Waals surface area contributed by atoms with Crippen LogP contribution in [0.4, 0.5) is 0 Å². The van der Waals surface area contributed by atoms with E-state index < -0.39 is 0 Å². The fourth-order valence-corrected chi connectivity index (χ4v) is 1.68. The normalized spacial score (nSPS) is 10.5. The summed E-state index contributed by atoms with van der Waals surface area (Å²) >= 11 is 3.37. The van der Waals surface area contributed by atoms with Gasteiger partial charge in [0.15, 0.2) is 0 Å². The second-order valence-corrected chi connectivity index (χ2v) is 3.72. The summed E-state index contributed by atoms with van der Waals surface area (Å²) in [5.74, 6) is 0.0913. The Balaban J connectivity index is 2.76. The molecule has 0 bridgehead atoms. The molecule has 0 aliphatic heterocycles. The molecule has 4 N–H and O–H groups in total. The highest BCUT2D eigenvalue weighted by molar-refractivity contribution is 9.10. The lowest BCUT2D eigenvalue weighted by molar-refractivity contribution is 1.41. The van der Waals surface area contributed by atoms with Crippen LogP contribution in [0, 0.1) is 5.41 Å². The summed E-state index contributed by atoms with van der Waals surface area (Å²) in [5.41, 5.74) is 7.15. The standard InChI is InChI=1S/C9H8BrN3/c10-5-1-2-6-7(9(11)12)4-13-8(6)3-5/h1-4,13H,(H3,11,12). The predicted octanol–water partition coefficient (Wildman–Crippen LogP) is 2.21. The highest BCUT2D eigenvalue weighted by Gasteiger charge is 2.05. The number of nitrogens with one attached hydrogen (secondary N) is 2. The zero-order chi connectivity index (χ0) is 9.42. The van der Waals surface area contributed by atoms with Crippen molar-refractivity contribution in [2.24, 2.45) is 5.73 Å². The van der Waals surface area contributed by atoms with E-state index in [4.69, 9.17) is 11.1 Å². The lowest BCUT2D eigenvalue weighted by Crippen LogP contribution is -2.09. The Labute approximate surface area is 83.6 Å². The number of aromatic amines is 1. The highest BCUT2D eigenvalue weighted by Crippen LogP contribution is 2.21. The Morgan fingerprint density at radius 2 is 2.23 bits per heavy atom. The van der Waals surface area contributed by atoms with Crippen molar-refractivity contribution < 1.29 is 0 Å². The average Bonchev–Trinajstić information content (AvgIpc) is 2.46. The van der Waals surface area contributed by atoms with Gasteiger partial charge in [-0.05, 0) is 12.1 Å². The van der Waals surface area contributed by atoms with Gasteiger partial charge in [0.05, 0.1) is 0 Å². The molecule has 1 aromatic carbocycles. The quantitative estimate of drug-likeness (QED) is 0.517. The molecule has 1 aromatic heterocycles. The third-order valence-corrected chi connectivity index (χ3v) is 2.43. The molecule has 1 heterocycles. The number of nitrogen functional groups attached to an aromatic ring is 1. The molecule has 0 radical (unpaired) electrons. The minimum Gasteiger partial charge on any atom is -0.384 e. The Hall–Kier alpha value is -1.29. The number of halogens is 1. The maximum Gasteiger partial charge on any atom is 0.124 e. The Kier molecular flexibility index (Phi) is 1.84. The number of nitrogens with two attached hydrogens (primary N) is 1. The second kappa shape index (κ2) is 2.88. The molecule has 2 rings (SSSR count). The third kappa shape index (κ3) is 1.33. The Morgan fingerprint density at radius 1 is 1.46 bits per heavy atom. The molecule has 2 aromatic rings. The fourth-order valence-electron chi connectivity index (χ4n) is 1.32. The first-order valence-corrected chi connectivity index (χ1v) is 4.59. The SMILES string of the molecule is N=C(N)c1c[nH]c2cc(Br)ccc12. The lowest BCUT2D eigenvalue weighted by Gasteiger charge is -1.95. The fraction of sp³-hybridized carbons (Fsp3) is 0. The van der Waals surface area contributed by atoms with Crippen LogP contribution in [0.25, 0.3) is 10.9 Å². The summed E-state index contributed by atoms with van der Waals surface area (Å²) in [6.07, 6.45) is 1.75. The summed E-state index contributed by atoms with van der Waals surface area (Å²) in [6.45, 7) is 0. The Morgan fingerprint density at radius 3 is 2.92 bits per heavy atom. The summed E-state index contributed by atoms with van der Waals surface area (Å²) in [4.78, 5) is 3.06. The molecule has 3 nitrogen and oxygen atoms in total. The number of amidine groups is 1. The monoisotopic (exact) mass is 237 g/mol. The molecule has 0 saturated carbocycles. The molecule has 0 unspecified atom stereocenters. The molecule has 0 aliphatic rings. The van der Waals surface area contributed by atoms with Gasteiger partial charge in [0.2, 0.25) is 0 Å². The van der Waals surface area contributed by atoms with E-state index in [1.165, 1.54) is 0 Å². The lowest BCUT2D eigenvalue weighted by atomic mass is 10.2. The highest BCUT2D eigenvalue weighted by atomic mass is 79.9. The molecule has 13 heavy (non-hydrogen) atoms. The van der Waals surface area contributed by atoms with Gasteiger partial charge < -0.3 is 10.7 Å². The van der Waals surface area contributed by atoms with Gasteiger partial charge in [0.25, 0.3) is 0 Å². The van der Waals surface area contributed by atoms with Crippen LogP contribution >= 0.6 is 15.9 Å². The van der Waals surface area contributed by atoms with E-state index in [0.717, 1.165) is 20.9 Å². The summed E-state index contributed by atoms with van der Waals surface area (Å²) in [7, 11) is 0.